The third-order valence-electron chi connectivity index (χ3n) is 3.92. The van der Waals surface area contributed by atoms with Gasteiger partial charge in [0.1, 0.15) is 18.1 Å². The topological polar surface area (TPSA) is 104 Å². The van der Waals surface area contributed by atoms with Gasteiger partial charge in [-0.1, -0.05) is 18.2 Å². The van der Waals surface area contributed by atoms with E-state index in [0.717, 1.165) is 5.56 Å². The summed E-state index contributed by atoms with van der Waals surface area (Å²) in [6, 6.07) is 15.7. The van der Waals surface area contributed by atoms with Gasteiger partial charge < -0.3 is 20.5 Å². The van der Waals surface area contributed by atoms with Crippen molar-refractivity contribution >= 4 is 17.5 Å². The molecule has 3 aromatic rings. The standard InChI is InChI=1S/C21H19N3O4/c1-27-18-7-3-5-15(9-18)21(26)24-17-6-2-4-14(8-17)13-28-19-10-16(20(22)25)11-23-12-19/h2-12H,13H2,1H3,(H2,22,25)(H,24,26). The Bertz CT molecular complexity index is 1000. The number of nitrogens with zero attached hydrogens (tertiary/aromatic N) is 1. The van der Waals surface area contributed by atoms with Gasteiger partial charge in [0.25, 0.3) is 5.91 Å². The molecule has 0 aliphatic rings. The molecule has 1 heterocycles. The van der Waals surface area contributed by atoms with Crippen molar-refractivity contribution in [2.45, 2.75) is 6.61 Å². The summed E-state index contributed by atoms with van der Waals surface area (Å²) in [5.41, 5.74) is 7.49. The quantitative estimate of drug-likeness (QED) is 0.659. The molecular formula is C21H19N3O4. The van der Waals surface area contributed by atoms with Crippen LogP contribution in [-0.4, -0.2) is 23.9 Å². The Morgan fingerprint density at radius 2 is 1.79 bits per heavy atom. The molecule has 1 aromatic heterocycles. The minimum Gasteiger partial charge on any atom is -0.497 e. The molecule has 7 heteroatoms. The van der Waals surface area contributed by atoms with E-state index >= 15 is 0 Å². The van der Waals surface area contributed by atoms with Crippen molar-refractivity contribution in [3.8, 4) is 11.5 Å². The van der Waals surface area contributed by atoms with E-state index in [0.29, 0.717) is 22.7 Å². The van der Waals surface area contributed by atoms with Crippen molar-refractivity contribution in [2.24, 2.45) is 5.73 Å². The first-order chi connectivity index (χ1) is 13.5. The molecule has 3 N–H and O–H groups in total. The minimum absolute atomic E-state index is 0.240. The fourth-order valence-electron chi connectivity index (χ4n) is 2.51. The van der Waals surface area contributed by atoms with Crippen LogP contribution in [0.4, 0.5) is 5.69 Å². The second-order valence-electron chi connectivity index (χ2n) is 5.95. The third kappa shape index (κ3) is 4.85. The number of carbonyl (C=O) groups is 2. The number of pyridine rings is 1. The molecule has 0 fully saturated rings. The summed E-state index contributed by atoms with van der Waals surface area (Å²) in [6.45, 7) is 0.243. The van der Waals surface area contributed by atoms with E-state index in [9.17, 15) is 9.59 Å². The first-order valence-electron chi connectivity index (χ1n) is 8.47. The Hall–Kier alpha value is -3.87. The van der Waals surface area contributed by atoms with E-state index in [4.69, 9.17) is 15.2 Å². The van der Waals surface area contributed by atoms with Crippen LogP contribution < -0.4 is 20.5 Å². The van der Waals surface area contributed by atoms with Crippen molar-refractivity contribution in [3.63, 3.8) is 0 Å². The van der Waals surface area contributed by atoms with Gasteiger partial charge in [-0.2, -0.15) is 0 Å². The molecule has 0 unspecified atom stereocenters. The first kappa shape index (κ1) is 18.9. The van der Waals surface area contributed by atoms with Crippen LogP contribution in [0.5, 0.6) is 11.5 Å². The number of hydrogen-bond donors (Lipinski definition) is 2. The number of rotatable bonds is 7. The number of benzene rings is 2. The van der Waals surface area contributed by atoms with Gasteiger partial charge >= 0.3 is 0 Å². The normalized spacial score (nSPS) is 10.2. The zero-order valence-corrected chi connectivity index (χ0v) is 15.2. The molecule has 0 bridgehead atoms. The Morgan fingerprint density at radius 3 is 2.57 bits per heavy atom. The fraction of sp³-hybridized carbons (Fsp3) is 0.0952. The van der Waals surface area contributed by atoms with Gasteiger partial charge in [-0.15, -0.1) is 0 Å². The maximum Gasteiger partial charge on any atom is 0.255 e. The summed E-state index contributed by atoms with van der Waals surface area (Å²) in [7, 11) is 1.55. The van der Waals surface area contributed by atoms with Gasteiger partial charge in [-0.05, 0) is 42.0 Å². The predicted octanol–water partition coefficient (Wildman–Crippen LogP) is 3.02. The molecule has 0 radical (unpaired) electrons. The molecule has 3 rings (SSSR count). The lowest BCUT2D eigenvalue weighted by molar-refractivity contribution is 0.0997. The van der Waals surface area contributed by atoms with E-state index in [1.165, 1.54) is 18.5 Å². The highest BCUT2D eigenvalue weighted by molar-refractivity contribution is 6.04. The van der Waals surface area contributed by atoms with Gasteiger partial charge in [-0.25, -0.2) is 0 Å². The highest BCUT2D eigenvalue weighted by Gasteiger charge is 2.08. The number of anilines is 1. The molecule has 0 aliphatic heterocycles. The molecular weight excluding hydrogens is 358 g/mol. The van der Waals surface area contributed by atoms with Gasteiger partial charge in [0.15, 0.2) is 0 Å². The molecule has 28 heavy (non-hydrogen) atoms. The second kappa shape index (κ2) is 8.68. The van der Waals surface area contributed by atoms with Gasteiger partial charge in [0.05, 0.1) is 18.9 Å². The molecule has 0 spiro atoms. The largest absolute Gasteiger partial charge is 0.497 e. The first-order valence-corrected chi connectivity index (χ1v) is 8.47. The minimum atomic E-state index is -0.569. The van der Waals surface area contributed by atoms with E-state index in [-0.39, 0.29) is 18.1 Å². The average molecular weight is 377 g/mol. The molecule has 0 saturated carbocycles. The van der Waals surface area contributed by atoms with Crippen LogP contribution in [0.25, 0.3) is 0 Å². The fourth-order valence-corrected chi connectivity index (χ4v) is 2.51. The number of carbonyl (C=O) groups excluding carboxylic acids is 2. The van der Waals surface area contributed by atoms with Crippen LogP contribution >= 0.6 is 0 Å². The van der Waals surface area contributed by atoms with Gasteiger partial charge in [-0.3, -0.25) is 14.6 Å². The van der Waals surface area contributed by atoms with Crippen LogP contribution in [0, 0.1) is 0 Å². The van der Waals surface area contributed by atoms with Gasteiger partial charge in [0.2, 0.25) is 5.91 Å². The number of amides is 2. The molecule has 0 atom stereocenters. The summed E-state index contributed by atoms with van der Waals surface area (Å²) in [5, 5.41) is 2.85. The molecule has 142 valence electrons. The van der Waals surface area contributed by atoms with Crippen LogP contribution in [0.15, 0.2) is 67.0 Å². The van der Waals surface area contributed by atoms with Crippen LogP contribution in [0.1, 0.15) is 26.3 Å². The lowest BCUT2D eigenvalue weighted by Crippen LogP contribution is -2.12. The van der Waals surface area contributed by atoms with E-state index in [1.54, 1.807) is 37.4 Å². The Morgan fingerprint density at radius 1 is 1.00 bits per heavy atom. The smallest absolute Gasteiger partial charge is 0.255 e. The summed E-state index contributed by atoms with van der Waals surface area (Å²) in [4.78, 5) is 27.6. The van der Waals surface area contributed by atoms with Crippen LogP contribution in [0.2, 0.25) is 0 Å². The van der Waals surface area contributed by atoms with Crippen molar-refractivity contribution in [1.82, 2.24) is 4.98 Å². The summed E-state index contributed by atoms with van der Waals surface area (Å²) in [6.07, 6.45) is 2.88. The number of methoxy groups -OCH3 is 1. The Balaban J connectivity index is 1.66. The maximum absolute atomic E-state index is 12.4. The average Bonchev–Trinajstić information content (AvgIpc) is 2.72. The van der Waals surface area contributed by atoms with Crippen LogP contribution in [-0.2, 0) is 6.61 Å². The molecule has 0 saturated heterocycles. The number of nitrogens with one attached hydrogen (secondary N) is 1. The monoisotopic (exact) mass is 377 g/mol. The van der Waals surface area contributed by atoms with Gasteiger partial charge in [0, 0.05) is 17.4 Å². The van der Waals surface area contributed by atoms with Crippen molar-refractivity contribution in [1.29, 1.82) is 0 Å². The summed E-state index contributed by atoms with van der Waals surface area (Å²) >= 11 is 0. The molecule has 7 nitrogen and oxygen atoms in total. The molecule has 2 amide bonds. The number of primary amides is 1. The van der Waals surface area contributed by atoms with E-state index in [2.05, 4.69) is 10.3 Å². The molecule has 2 aromatic carbocycles. The number of ether oxygens (including phenoxy) is 2. The number of hydrogen-bond acceptors (Lipinski definition) is 5. The predicted molar refractivity (Wildman–Crippen MR) is 104 cm³/mol. The number of nitrogens with two attached hydrogens (primary N) is 1. The summed E-state index contributed by atoms with van der Waals surface area (Å²) in [5.74, 6) is 0.235. The highest BCUT2D eigenvalue weighted by Crippen LogP contribution is 2.18. The number of aromatic nitrogens is 1. The Labute approximate surface area is 162 Å². The SMILES string of the molecule is COc1cccc(C(=O)Nc2cccc(COc3cncc(C(N)=O)c3)c2)c1. The van der Waals surface area contributed by atoms with E-state index < -0.39 is 5.91 Å². The summed E-state index contributed by atoms with van der Waals surface area (Å²) < 4.78 is 10.8. The van der Waals surface area contributed by atoms with Crippen molar-refractivity contribution in [3.05, 3.63) is 83.7 Å². The zero-order valence-electron chi connectivity index (χ0n) is 15.2. The van der Waals surface area contributed by atoms with E-state index in [1.807, 2.05) is 18.2 Å². The van der Waals surface area contributed by atoms with Crippen LogP contribution in [0.3, 0.4) is 0 Å². The lowest BCUT2D eigenvalue weighted by atomic mass is 10.1. The molecule has 0 aliphatic carbocycles. The Kier molecular flexibility index (Phi) is 5.86. The van der Waals surface area contributed by atoms with Crippen molar-refractivity contribution < 1.29 is 19.1 Å². The third-order valence-corrected chi connectivity index (χ3v) is 3.92. The maximum atomic E-state index is 12.4. The lowest BCUT2D eigenvalue weighted by Gasteiger charge is -2.10. The second-order valence-corrected chi connectivity index (χ2v) is 5.95. The highest BCUT2D eigenvalue weighted by atomic mass is 16.5. The van der Waals surface area contributed by atoms with Crippen molar-refractivity contribution in [2.75, 3.05) is 12.4 Å². The zero-order chi connectivity index (χ0) is 19.9.